The van der Waals surface area contributed by atoms with Crippen molar-refractivity contribution in [2.75, 3.05) is 0 Å². The van der Waals surface area contributed by atoms with Gasteiger partial charge in [0.15, 0.2) is 5.52 Å². The Labute approximate surface area is 159 Å². The average molecular weight is 399 g/mol. The second-order valence-corrected chi connectivity index (χ2v) is 7.32. The Balaban J connectivity index is 2.08. The molecule has 0 bridgehead atoms. The third-order valence-corrected chi connectivity index (χ3v) is 5.25. The molecule has 0 fully saturated rings. The Morgan fingerprint density at radius 3 is 2.65 bits per heavy atom. The van der Waals surface area contributed by atoms with Crippen LogP contribution in [0.4, 0.5) is 13.2 Å². The van der Waals surface area contributed by atoms with Gasteiger partial charge >= 0.3 is 12.1 Å². The number of pyridine rings is 1. The van der Waals surface area contributed by atoms with E-state index in [1.54, 1.807) is 6.20 Å². The molecule has 2 unspecified atom stereocenters. The molecule has 0 saturated heterocycles. The molecule has 2 heterocycles. The highest BCUT2D eigenvalue weighted by Gasteiger charge is 2.31. The smallest absolute Gasteiger partial charge is 0.319 e. The van der Waals surface area contributed by atoms with E-state index in [2.05, 4.69) is 35.2 Å². The summed E-state index contributed by atoms with van der Waals surface area (Å²) in [5, 5.41) is -0.594. The van der Waals surface area contributed by atoms with Gasteiger partial charge in [0.1, 0.15) is 5.52 Å². The monoisotopic (exact) mass is 399 g/mol. The standard InChI is InChI=1S/C17H17F3N4S2/c1-9-3-2-6-24(13(9)8-14(25)15(21)26)16-22-11-5-4-10(17(18,19)20)7-12(11)23-16/h2-7,14-15H,8,21H2,1H3,(H2-,22,23,25,26)/p+1. The molecule has 0 aliphatic rings. The van der Waals surface area contributed by atoms with Crippen LogP contribution in [0, 0.1) is 6.92 Å². The highest BCUT2D eigenvalue weighted by atomic mass is 32.1. The minimum Gasteiger partial charge on any atom is -0.319 e. The van der Waals surface area contributed by atoms with Crippen molar-refractivity contribution in [1.82, 2.24) is 9.97 Å². The van der Waals surface area contributed by atoms with Crippen molar-refractivity contribution in [2.24, 2.45) is 5.73 Å². The first-order valence-corrected chi connectivity index (χ1v) is 8.89. The number of fused-ring (bicyclic) bond motifs is 1. The van der Waals surface area contributed by atoms with Gasteiger partial charge in [0.25, 0.3) is 0 Å². The number of alkyl halides is 3. The summed E-state index contributed by atoms with van der Waals surface area (Å²) in [5.41, 5.74) is 7.76. The van der Waals surface area contributed by atoms with Crippen molar-refractivity contribution in [1.29, 1.82) is 0 Å². The number of aromatic nitrogens is 3. The number of nitrogens with one attached hydrogen (secondary N) is 1. The molecule has 1 aromatic carbocycles. The van der Waals surface area contributed by atoms with E-state index >= 15 is 0 Å². The maximum Gasteiger partial charge on any atom is 0.416 e. The number of thiol groups is 2. The van der Waals surface area contributed by atoms with Crippen LogP contribution in [0.3, 0.4) is 0 Å². The van der Waals surface area contributed by atoms with Gasteiger partial charge in [-0.05, 0) is 36.8 Å². The minimum atomic E-state index is -4.40. The van der Waals surface area contributed by atoms with Crippen LogP contribution in [0.5, 0.6) is 0 Å². The highest BCUT2D eigenvalue weighted by molar-refractivity contribution is 7.85. The van der Waals surface area contributed by atoms with Crippen LogP contribution in [0.1, 0.15) is 16.8 Å². The zero-order chi connectivity index (χ0) is 19.1. The Hall–Kier alpha value is -1.71. The highest BCUT2D eigenvalue weighted by Crippen LogP contribution is 2.30. The maximum atomic E-state index is 12.9. The zero-order valence-electron chi connectivity index (χ0n) is 13.8. The van der Waals surface area contributed by atoms with Crippen LogP contribution in [0.15, 0.2) is 36.5 Å². The number of H-pyrrole nitrogens is 1. The molecular formula is C17H18F3N4S2+. The van der Waals surface area contributed by atoms with E-state index in [4.69, 9.17) is 5.73 Å². The Morgan fingerprint density at radius 2 is 2.00 bits per heavy atom. The van der Waals surface area contributed by atoms with Crippen molar-refractivity contribution in [2.45, 2.75) is 30.1 Å². The summed E-state index contributed by atoms with van der Waals surface area (Å²) >= 11 is 8.69. The van der Waals surface area contributed by atoms with Gasteiger partial charge in [-0.1, -0.05) is 11.1 Å². The van der Waals surface area contributed by atoms with Gasteiger partial charge in [-0.15, -0.1) is 0 Å². The minimum absolute atomic E-state index is 0.188. The summed E-state index contributed by atoms with van der Waals surface area (Å²) in [5.74, 6) is 0.436. The van der Waals surface area contributed by atoms with E-state index in [0.29, 0.717) is 23.4 Å². The van der Waals surface area contributed by atoms with Gasteiger partial charge in [-0.25, -0.2) is 9.55 Å². The number of halogens is 3. The van der Waals surface area contributed by atoms with Crippen molar-refractivity contribution in [3.63, 3.8) is 0 Å². The average Bonchev–Trinajstić information content (AvgIpc) is 2.98. The summed E-state index contributed by atoms with van der Waals surface area (Å²) < 4.78 is 40.6. The van der Waals surface area contributed by atoms with Gasteiger partial charge in [-0.2, -0.15) is 38.4 Å². The topological polar surface area (TPSA) is 58.6 Å². The second kappa shape index (κ2) is 7.13. The lowest BCUT2D eigenvalue weighted by Crippen LogP contribution is -2.40. The molecule has 2 atom stereocenters. The lowest BCUT2D eigenvalue weighted by Gasteiger charge is -2.16. The zero-order valence-corrected chi connectivity index (χ0v) is 15.6. The number of hydrogen-bond acceptors (Lipinski definition) is 4. The van der Waals surface area contributed by atoms with Crippen LogP contribution in [-0.4, -0.2) is 20.6 Å². The molecule has 9 heteroatoms. The third-order valence-electron chi connectivity index (χ3n) is 4.15. The Kier molecular flexibility index (Phi) is 5.23. The predicted molar refractivity (Wildman–Crippen MR) is 101 cm³/mol. The molecule has 3 aromatic rings. The van der Waals surface area contributed by atoms with Crippen molar-refractivity contribution in [3.8, 4) is 5.95 Å². The number of benzene rings is 1. The Morgan fingerprint density at radius 1 is 1.27 bits per heavy atom. The molecule has 3 N–H and O–H groups in total. The van der Waals surface area contributed by atoms with Gasteiger partial charge < -0.3 is 5.73 Å². The lowest BCUT2D eigenvalue weighted by molar-refractivity contribution is -0.612. The quantitative estimate of drug-likeness (QED) is 0.309. The van der Waals surface area contributed by atoms with Crippen molar-refractivity contribution in [3.05, 3.63) is 53.3 Å². The molecule has 0 aliphatic carbocycles. The van der Waals surface area contributed by atoms with E-state index < -0.39 is 17.1 Å². The van der Waals surface area contributed by atoms with Gasteiger partial charge in [0.05, 0.1) is 22.8 Å². The predicted octanol–water partition coefficient (Wildman–Crippen LogP) is 3.22. The van der Waals surface area contributed by atoms with E-state index in [-0.39, 0.29) is 5.25 Å². The molecule has 138 valence electrons. The van der Waals surface area contributed by atoms with Gasteiger partial charge in [0.2, 0.25) is 0 Å². The lowest BCUT2D eigenvalue weighted by atomic mass is 10.1. The number of hydrogen-bond donors (Lipinski definition) is 4. The normalized spacial score (nSPS) is 14.6. The fourth-order valence-corrected chi connectivity index (χ4v) is 2.99. The number of aromatic amines is 1. The van der Waals surface area contributed by atoms with Crippen LogP contribution >= 0.6 is 25.3 Å². The molecule has 2 aromatic heterocycles. The van der Waals surface area contributed by atoms with Crippen molar-refractivity contribution >= 4 is 36.3 Å². The molecule has 0 spiro atoms. The largest absolute Gasteiger partial charge is 0.416 e. The molecule has 26 heavy (non-hydrogen) atoms. The number of nitrogens with zero attached hydrogens (tertiary/aromatic N) is 2. The molecular weight excluding hydrogens is 381 g/mol. The van der Waals surface area contributed by atoms with E-state index in [1.807, 2.05) is 23.6 Å². The summed E-state index contributed by atoms with van der Waals surface area (Å²) in [6.45, 7) is 1.95. The molecule has 4 nitrogen and oxygen atoms in total. The molecule has 0 aliphatic heterocycles. The van der Waals surface area contributed by atoms with Crippen LogP contribution < -0.4 is 10.3 Å². The summed E-state index contributed by atoms with van der Waals surface area (Å²) in [6, 6.07) is 7.24. The summed E-state index contributed by atoms with van der Waals surface area (Å²) in [7, 11) is 0. The first-order valence-electron chi connectivity index (χ1n) is 7.86. The third kappa shape index (κ3) is 3.84. The number of aryl methyl sites for hydroxylation is 1. The summed E-state index contributed by atoms with van der Waals surface area (Å²) in [4.78, 5) is 7.40. The van der Waals surface area contributed by atoms with E-state index in [1.165, 1.54) is 6.07 Å². The number of nitrogens with two attached hydrogens (primary N) is 1. The molecule has 0 amide bonds. The van der Waals surface area contributed by atoms with Crippen LogP contribution in [0.2, 0.25) is 0 Å². The summed E-state index contributed by atoms with van der Waals surface area (Å²) in [6.07, 6.45) is -2.07. The first kappa shape index (κ1) is 19.1. The molecule has 3 rings (SSSR count). The van der Waals surface area contributed by atoms with Gasteiger partial charge in [-0.3, -0.25) is 0 Å². The van der Waals surface area contributed by atoms with E-state index in [9.17, 15) is 13.2 Å². The molecule has 0 radical (unpaired) electrons. The number of imidazole rings is 1. The first-order chi connectivity index (χ1) is 12.2. The Bertz CT molecular complexity index is 937. The fraction of sp³-hybridized carbons (Fsp3) is 0.294. The van der Waals surface area contributed by atoms with Crippen molar-refractivity contribution < 1.29 is 17.7 Å². The van der Waals surface area contributed by atoms with Crippen LogP contribution in [-0.2, 0) is 12.6 Å². The fourth-order valence-electron chi connectivity index (χ4n) is 2.71. The maximum absolute atomic E-state index is 12.9. The molecule has 0 saturated carbocycles. The van der Waals surface area contributed by atoms with Gasteiger partial charge in [0, 0.05) is 11.7 Å². The SMILES string of the molecule is Cc1ccc[n+](-c2nc3ccc(C(F)(F)F)cc3[nH]2)c1CC(S)C(N)S. The second-order valence-electron chi connectivity index (χ2n) is 6.06. The number of rotatable bonds is 4. The van der Waals surface area contributed by atoms with E-state index in [0.717, 1.165) is 23.4 Å². The van der Waals surface area contributed by atoms with Crippen LogP contribution in [0.25, 0.3) is 17.0 Å².